The molecular formula is C16H26N2O. The first kappa shape index (κ1) is 15.7. The van der Waals surface area contributed by atoms with E-state index in [1.54, 1.807) is 0 Å². The van der Waals surface area contributed by atoms with E-state index in [1.807, 2.05) is 43.9 Å². The summed E-state index contributed by atoms with van der Waals surface area (Å²) in [7, 11) is 0. The number of carbonyl (C=O) groups is 1. The van der Waals surface area contributed by atoms with E-state index in [2.05, 4.69) is 12.1 Å². The third kappa shape index (κ3) is 4.06. The van der Waals surface area contributed by atoms with Gasteiger partial charge in [-0.15, -0.1) is 0 Å². The third-order valence-electron chi connectivity index (χ3n) is 3.87. The fourth-order valence-corrected chi connectivity index (χ4v) is 2.18. The van der Waals surface area contributed by atoms with Crippen LogP contribution in [0.1, 0.15) is 39.2 Å². The molecule has 0 aliphatic carbocycles. The summed E-state index contributed by atoms with van der Waals surface area (Å²) in [5.74, 6) is 0.0796. The van der Waals surface area contributed by atoms with Crippen molar-refractivity contribution in [2.75, 3.05) is 13.1 Å². The minimum absolute atomic E-state index is 0.0796. The molecule has 0 saturated carbocycles. The second-order valence-corrected chi connectivity index (χ2v) is 4.98. The lowest BCUT2D eigenvalue weighted by atomic mass is 9.92. The summed E-state index contributed by atoms with van der Waals surface area (Å²) < 4.78 is 0. The lowest BCUT2D eigenvalue weighted by Gasteiger charge is -2.32. The van der Waals surface area contributed by atoms with Gasteiger partial charge in [0, 0.05) is 13.1 Å². The van der Waals surface area contributed by atoms with Crippen LogP contribution in [0.25, 0.3) is 0 Å². The Morgan fingerprint density at radius 1 is 1.16 bits per heavy atom. The predicted octanol–water partition coefficient (Wildman–Crippen LogP) is 2.60. The molecule has 1 aromatic rings. The van der Waals surface area contributed by atoms with Crippen molar-refractivity contribution in [3.8, 4) is 0 Å². The van der Waals surface area contributed by atoms with E-state index in [0.717, 1.165) is 13.0 Å². The Morgan fingerprint density at radius 2 is 1.74 bits per heavy atom. The highest BCUT2D eigenvalue weighted by Crippen LogP contribution is 2.15. The van der Waals surface area contributed by atoms with Gasteiger partial charge in [-0.25, -0.2) is 0 Å². The maximum Gasteiger partial charge on any atom is 0.242 e. The second kappa shape index (κ2) is 7.29. The molecule has 19 heavy (non-hydrogen) atoms. The van der Waals surface area contributed by atoms with E-state index in [9.17, 15) is 4.79 Å². The zero-order valence-electron chi connectivity index (χ0n) is 12.4. The molecular weight excluding hydrogens is 236 g/mol. The van der Waals surface area contributed by atoms with Crippen molar-refractivity contribution in [1.29, 1.82) is 0 Å². The lowest BCUT2D eigenvalue weighted by molar-refractivity contribution is -0.137. The van der Waals surface area contributed by atoms with E-state index in [0.29, 0.717) is 19.4 Å². The number of rotatable bonds is 7. The Labute approximate surface area is 116 Å². The summed E-state index contributed by atoms with van der Waals surface area (Å²) in [6, 6.07) is 10.2. The molecule has 0 bridgehead atoms. The van der Waals surface area contributed by atoms with Gasteiger partial charge < -0.3 is 10.6 Å². The number of benzene rings is 1. The number of nitrogens with two attached hydrogens (primary N) is 1. The Balaban J connectivity index is 2.65. The normalized spacial score (nSPS) is 11.4. The van der Waals surface area contributed by atoms with Crippen LogP contribution in [0, 0.1) is 0 Å². The van der Waals surface area contributed by atoms with Gasteiger partial charge in [0.1, 0.15) is 0 Å². The van der Waals surface area contributed by atoms with Crippen LogP contribution in [0.5, 0.6) is 0 Å². The number of hydrogen-bond acceptors (Lipinski definition) is 2. The topological polar surface area (TPSA) is 46.3 Å². The van der Waals surface area contributed by atoms with Crippen molar-refractivity contribution in [2.45, 2.75) is 45.6 Å². The van der Waals surface area contributed by atoms with E-state index in [1.165, 1.54) is 5.56 Å². The molecule has 0 heterocycles. The van der Waals surface area contributed by atoms with Crippen LogP contribution in [0.2, 0.25) is 0 Å². The van der Waals surface area contributed by atoms with Gasteiger partial charge in [0.2, 0.25) is 5.91 Å². The Morgan fingerprint density at radius 3 is 2.21 bits per heavy atom. The van der Waals surface area contributed by atoms with Crippen molar-refractivity contribution in [3.63, 3.8) is 0 Å². The highest BCUT2D eigenvalue weighted by atomic mass is 16.2. The van der Waals surface area contributed by atoms with Gasteiger partial charge in [0.05, 0.1) is 5.54 Å². The monoisotopic (exact) mass is 262 g/mol. The molecule has 1 rings (SSSR count). The number of amides is 1. The smallest absolute Gasteiger partial charge is 0.242 e. The lowest BCUT2D eigenvalue weighted by Crippen LogP contribution is -2.55. The molecule has 0 aliphatic heterocycles. The van der Waals surface area contributed by atoms with E-state index < -0.39 is 5.54 Å². The molecule has 0 atom stereocenters. The zero-order chi connectivity index (χ0) is 14.3. The number of carbonyl (C=O) groups excluding carboxylic acids is 1. The van der Waals surface area contributed by atoms with Gasteiger partial charge in [-0.1, -0.05) is 44.2 Å². The minimum Gasteiger partial charge on any atom is -0.341 e. The van der Waals surface area contributed by atoms with Crippen molar-refractivity contribution < 1.29 is 4.79 Å². The van der Waals surface area contributed by atoms with Crippen molar-refractivity contribution >= 4 is 5.91 Å². The van der Waals surface area contributed by atoms with E-state index in [4.69, 9.17) is 5.73 Å². The molecule has 0 saturated heterocycles. The highest BCUT2D eigenvalue weighted by molar-refractivity contribution is 5.86. The fraction of sp³-hybridized carbons (Fsp3) is 0.562. The molecule has 1 aromatic carbocycles. The highest BCUT2D eigenvalue weighted by Gasteiger charge is 2.33. The second-order valence-electron chi connectivity index (χ2n) is 4.98. The van der Waals surface area contributed by atoms with Gasteiger partial charge in [-0.3, -0.25) is 4.79 Å². The van der Waals surface area contributed by atoms with Gasteiger partial charge >= 0.3 is 0 Å². The first-order valence-electron chi connectivity index (χ1n) is 7.19. The van der Waals surface area contributed by atoms with E-state index >= 15 is 0 Å². The predicted molar refractivity (Wildman–Crippen MR) is 79.9 cm³/mol. The van der Waals surface area contributed by atoms with Gasteiger partial charge in [0.25, 0.3) is 0 Å². The number of likely N-dealkylation sites (N-methyl/N-ethyl adjacent to an activating group) is 1. The van der Waals surface area contributed by atoms with Crippen molar-refractivity contribution in [3.05, 3.63) is 35.9 Å². The van der Waals surface area contributed by atoms with Crippen LogP contribution in [-0.2, 0) is 11.2 Å². The molecule has 3 nitrogen and oxygen atoms in total. The molecule has 0 aromatic heterocycles. The molecule has 106 valence electrons. The molecule has 0 radical (unpaired) electrons. The molecule has 1 amide bonds. The first-order valence-corrected chi connectivity index (χ1v) is 7.19. The number of nitrogens with zero attached hydrogens (tertiary/aromatic N) is 1. The first-order chi connectivity index (χ1) is 9.07. The molecule has 0 aliphatic rings. The van der Waals surface area contributed by atoms with Gasteiger partial charge in [0.15, 0.2) is 0 Å². The largest absolute Gasteiger partial charge is 0.341 e. The van der Waals surface area contributed by atoms with Crippen LogP contribution >= 0.6 is 0 Å². The van der Waals surface area contributed by atoms with Crippen LogP contribution in [0.4, 0.5) is 0 Å². The quantitative estimate of drug-likeness (QED) is 0.821. The standard InChI is InChI=1S/C16H26N2O/c1-4-16(17,5-2)15(19)18(6-3)13-12-14-10-8-7-9-11-14/h7-11H,4-6,12-13,17H2,1-3H3. The van der Waals surface area contributed by atoms with Crippen molar-refractivity contribution in [1.82, 2.24) is 4.90 Å². The Hall–Kier alpha value is -1.35. The van der Waals surface area contributed by atoms with E-state index in [-0.39, 0.29) is 5.91 Å². The molecule has 3 heteroatoms. The molecule has 0 spiro atoms. The molecule has 0 unspecified atom stereocenters. The van der Waals surface area contributed by atoms with Gasteiger partial charge in [-0.05, 0) is 31.7 Å². The van der Waals surface area contributed by atoms with Gasteiger partial charge in [-0.2, -0.15) is 0 Å². The van der Waals surface area contributed by atoms with Crippen LogP contribution < -0.4 is 5.73 Å². The average molecular weight is 262 g/mol. The SMILES string of the molecule is CCN(CCc1ccccc1)C(=O)C(N)(CC)CC. The molecule has 2 N–H and O–H groups in total. The third-order valence-corrected chi connectivity index (χ3v) is 3.87. The minimum atomic E-state index is -0.702. The van der Waals surface area contributed by atoms with Crippen LogP contribution in [0.15, 0.2) is 30.3 Å². The summed E-state index contributed by atoms with van der Waals surface area (Å²) >= 11 is 0. The van der Waals surface area contributed by atoms with Crippen molar-refractivity contribution in [2.24, 2.45) is 5.73 Å². The van der Waals surface area contributed by atoms with Crippen LogP contribution in [0.3, 0.4) is 0 Å². The summed E-state index contributed by atoms with van der Waals surface area (Å²) in [5.41, 5.74) is 6.75. The summed E-state index contributed by atoms with van der Waals surface area (Å²) in [6.07, 6.45) is 2.25. The average Bonchev–Trinajstić information content (AvgIpc) is 2.47. The maximum atomic E-state index is 12.5. The zero-order valence-corrected chi connectivity index (χ0v) is 12.4. The Bertz CT molecular complexity index is 385. The summed E-state index contributed by atoms with van der Waals surface area (Å²) in [5, 5.41) is 0. The molecule has 0 fully saturated rings. The summed E-state index contributed by atoms with van der Waals surface area (Å²) in [6.45, 7) is 7.41. The Kier molecular flexibility index (Phi) is 6.03. The maximum absolute atomic E-state index is 12.5. The summed E-state index contributed by atoms with van der Waals surface area (Å²) in [4.78, 5) is 14.4. The number of hydrogen-bond donors (Lipinski definition) is 1. The van der Waals surface area contributed by atoms with Crippen LogP contribution in [-0.4, -0.2) is 29.4 Å². The fourth-order valence-electron chi connectivity index (χ4n) is 2.18.